The van der Waals surface area contributed by atoms with Gasteiger partial charge in [0.1, 0.15) is 18.5 Å². The van der Waals surface area contributed by atoms with Crippen molar-refractivity contribution in [3.05, 3.63) is 53.1 Å². The minimum atomic E-state index is -0.787. The average molecular weight is 493 g/mol. The highest BCUT2D eigenvalue weighted by Gasteiger charge is 2.42. The fraction of sp³-hybridized carbons (Fsp3) is 0.593. The van der Waals surface area contributed by atoms with E-state index in [2.05, 4.69) is 6.08 Å². The van der Waals surface area contributed by atoms with Crippen LogP contribution in [0.5, 0.6) is 5.75 Å². The first-order chi connectivity index (χ1) is 16.3. The molecule has 1 heterocycles. The zero-order chi connectivity index (χ0) is 24.5. The highest BCUT2D eigenvalue weighted by Crippen LogP contribution is 2.40. The number of rotatable bonds is 11. The number of allylic oxidation sites excluding steroid dienone is 1. The first-order valence-corrected chi connectivity index (χ1v) is 12.6. The predicted octanol–water partition coefficient (Wildman–Crippen LogP) is 4.86. The lowest BCUT2D eigenvalue weighted by Gasteiger charge is -2.20. The molecule has 1 aromatic carbocycles. The quantitative estimate of drug-likeness (QED) is 0.260. The second kappa shape index (κ2) is 13.3. The van der Waals surface area contributed by atoms with Crippen molar-refractivity contribution in [3.8, 4) is 5.75 Å². The highest BCUT2D eigenvalue weighted by molar-refractivity contribution is 6.30. The van der Waals surface area contributed by atoms with E-state index in [0.29, 0.717) is 30.2 Å². The number of halogens is 1. The lowest BCUT2D eigenvalue weighted by molar-refractivity contribution is -0.147. The molecule has 1 saturated carbocycles. The predicted molar refractivity (Wildman–Crippen MR) is 132 cm³/mol. The summed E-state index contributed by atoms with van der Waals surface area (Å²) in [5.74, 6) is 0.560. The van der Waals surface area contributed by atoms with Crippen molar-refractivity contribution >= 4 is 17.6 Å². The van der Waals surface area contributed by atoms with Gasteiger partial charge >= 0.3 is 5.97 Å². The molecule has 1 aromatic rings. The lowest BCUT2D eigenvalue weighted by atomic mass is 9.89. The van der Waals surface area contributed by atoms with Crippen molar-refractivity contribution < 1.29 is 29.2 Å². The van der Waals surface area contributed by atoms with Crippen LogP contribution in [0.4, 0.5) is 0 Å². The van der Waals surface area contributed by atoms with E-state index in [1.165, 1.54) is 5.57 Å². The van der Waals surface area contributed by atoms with Gasteiger partial charge in [0.15, 0.2) is 0 Å². The second-order valence-corrected chi connectivity index (χ2v) is 9.89. The Kier molecular flexibility index (Phi) is 10.5. The summed E-state index contributed by atoms with van der Waals surface area (Å²) in [6.07, 6.45) is 8.98. The fourth-order valence-corrected chi connectivity index (χ4v) is 4.80. The molecule has 34 heavy (non-hydrogen) atoms. The molecule has 0 spiro atoms. The van der Waals surface area contributed by atoms with E-state index >= 15 is 0 Å². The van der Waals surface area contributed by atoms with Crippen LogP contribution in [-0.2, 0) is 14.3 Å². The maximum absolute atomic E-state index is 11.7. The number of esters is 1. The molecule has 188 valence electrons. The summed E-state index contributed by atoms with van der Waals surface area (Å²) in [6, 6.07) is 7.05. The van der Waals surface area contributed by atoms with Crippen molar-refractivity contribution in [1.29, 1.82) is 0 Å². The molecule has 2 aliphatic rings. The summed E-state index contributed by atoms with van der Waals surface area (Å²) in [6.45, 7) is 4.39. The Bertz CT molecular complexity index is 851. The smallest absolute Gasteiger partial charge is 0.306 e. The third kappa shape index (κ3) is 8.42. The molecule has 1 fully saturated rings. The normalized spacial score (nSPS) is 25.6. The van der Waals surface area contributed by atoms with Gasteiger partial charge in [-0.3, -0.25) is 4.79 Å². The number of hydrogen-bond acceptors (Lipinski definition) is 6. The van der Waals surface area contributed by atoms with E-state index in [1.54, 1.807) is 30.3 Å². The number of fused-ring (bicyclic) bond motifs is 1. The maximum atomic E-state index is 11.7. The van der Waals surface area contributed by atoms with Gasteiger partial charge in [-0.15, -0.1) is 0 Å². The van der Waals surface area contributed by atoms with Crippen LogP contribution in [0, 0.1) is 11.8 Å². The van der Waals surface area contributed by atoms with Crippen LogP contribution in [0.25, 0.3) is 0 Å². The molecule has 0 amide bonds. The van der Waals surface area contributed by atoms with Crippen molar-refractivity contribution in [2.75, 3.05) is 13.2 Å². The molecule has 0 unspecified atom stereocenters. The zero-order valence-corrected chi connectivity index (χ0v) is 20.8. The number of aliphatic hydroxyl groups excluding tert-OH is 2. The van der Waals surface area contributed by atoms with E-state index in [1.807, 2.05) is 19.9 Å². The van der Waals surface area contributed by atoms with Crippen molar-refractivity contribution in [2.24, 2.45) is 11.8 Å². The summed E-state index contributed by atoms with van der Waals surface area (Å²) >= 11 is 5.96. The van der Waals surface area contributed by atoms with Gasteiger partial charge in [-0.2, -0.15) is 0 Å². The van der Waals surface area contributed by atoms with Gasteiger partial charge in [-0.25, -0.2) is 0 Å². The second-order valence-electron chi connectivity index (χ2n) is 9.46. The molecular weight excluding hydrogens is 456 g/mol. The van der Waals surface area contributed by atoms with Crippen molar-refractivity contribution in [2.45, 2.75) is 76.8 Å². The zero-order valence-electron chi connectivity index (χ0n) is 20.1. The summed E-state index contributed by atoms with van der Waals surface area (Å²) in [5.41, 5.74) is 1.25. The largest absolute Gasteiger partial charge is 0.491 e. The van der Waals surface area contributed by atoms with Gasteiger partial charge in [0.2, 0.25) is 0 Å². The maximum Gasteiger partial charge on any atom is 0.306 e. The average Bonchev–Trinajstić information content (AvgIpc) is 2.94. The third-order valence-corrected chi connectivity index (χ3v) is 6.55. The molecular formula is C27H37ClO6. The van der Waals surface area contributed by atoms with Gasteiger partial charge in [-0.05, 0) is 69.2 Å². The molecule has 0 aromatic heterocycles. The summed E-state index contributed by atoms with van der Waals surface area (Å²) in [7, 11) is 0. The molecule has 0 radical (unpaired) electrons. The Morgan fingerprint density at radius 3 is 2.91 bits per heavy atom. The van der Waals surface area contributed by atoms with Crippen molar-refractivity contribution in [1.82, 2.24) is 0 Å². The third-order valence-electron chi connectivity index (χ3n) is 6.32. The van der Waals surface area contributed by atoms with E-state index < -0.39 is 12.2 Å². The number of carbonyl (C=O) groups excluding carboxylic acids is 1. The number of carbonyl (C=O) groups is 1. The van der Waals surface area contributed by atoms with Gasteiger partial charge in [-0.1, -0.05) is 35.9 Å². The standard InChI is InChI=1S/C27H37ClO6/c1-18(2)34-27(31)9-4-3-6-19-10-12-24-23(25(30)15-26(24)33-16-19)13-11-21(29)17-32-22-8-5-7-20(28)14-22/h5,7-8,10-11,13-14,18,21,23-26,29-30H,3-4,6,9,12,15-17H2,1-2H3/b13-11+/t21-,23-,24-,25-,26+/m1/s1. The molecule has 3 rings (SSSR count). The summed E-state index contributed by atoms with van der Waals surface area (Å²) in [5, 5.41) is 21.5. The van der Waals surface area contributed by atoms with E-state index in [0.717, 1.165) is 25.7 Å². The van der Waals surface area contributed by atoms with Crippen LogP contribution >= 0.6 is 11.6 Å². The number of aliphatic hydroxyl groups is 2. The molecule has 7 heteroatoms. The Labute approximate surface area is 207 Å². The van der Waals surface area contributed by atoms with Crippen molar-refractivity contribution in [3.63, 3.8) is 0 Å². The molecule has 1 aliphatic heterocycles. The van der Waals surface area contributed by atoms with Crippen LogP contribution in [0.2, 0.25) is 5.02 Å². The van der Waals surface area contributed by atoms with E-state index in [4.69, 9.17) is 25.8 Å². The minimum Gasteiger partial charge on any atom is -0.491 e. The van der Waals surface area contributed by atoms with Crippen LogP contribution < -0.4 is 4.74 Å². The Morgan fingerprint density at radius 2 is 2.15 bits per heavy atom. The first kappa shape index (κ1) is 26.7. The van der Waals surface area contributed by atoms with Gasteiger partial charge < -0.3 is 24.4 Å². The first-order valence-electron chi connectivity index (χ1n) is 12.2. The van der Waals surface area contributed by atoms with Crippen LogP contribution in [0.1, 0.15) is 52.4 Å². The van der Waals surface area contributed by atoms with Crippen LogP contribution in [-0.4, -0.2) is 53.8 Å². The molecule has 5 atom stereocenters. The van der Waals surface area contributed by atoms with E-state index in [-0.39, 0.29) is 36.6 Å². The highest BCUT2D eigenvalue weighted by atomic mass is 35.5. The minimum absolute atomic E-state index is 0.000673. The van der Waals surface area contributed by atoms with Crippen LogP contribution in [0.15, 0.2) is 48.1 Å². The van der Waals surface area contributed by atoms with Gasteiger partial charge in [0.05, 0.1) is 24.9 Å². The number of benzene rings is 1. The summed E-state index contributed by atoms with van der Waals surface area (Å²) < 4.78 is 16.9. The number of ether oxygens (including phenoxy) is 3. The van der Waals surface area contributed by atoms with Gasteiger partial charge in [0.25, 0.3) is 0 Å². The monoisotopic (exact) mass is 492 g/mol. The lowest BCUT2D eigenvalue weighted by Crippen LogP contribution is -2.22. The molecule has 0 bridgehead atoms. The Morgan fingerprint density at radius 1 is 1.32 bits per heavy atom. The number of unbranched alkanes of at least 4 members (excludes halogenated alkanes) is 1. The Hall–Kier alpha value is -1.86. The van der Waals surface area contributed by atoms with Gasteiger partial charge in [0, 0.05) is 23.8 Å². The molecule has 6 nitrogen and oxygen atoms in total. The number of hydrogen-bond donors (Lipinski definition) is 2. The summed E-state index contributed by atoms with van der Waals surface area (Å²) in [4.78, 5) is 11.7. The topological polar surface area (TPSA) is 85.2 Å². The van der Waals surface area contributed by atoms with E-state index in [9.17, 15) is 15.0 Å². The Balaban J connectivity index is 1.46. The van der Waals surface area contributed by atoms with Crippen LogP contribution in [0.3, 0.4) is 0 Å². The molecule has 1 aliphatic carbocycles. The SMILES string of the molecule is CC(C)OC(=O)CCCCC1=CC[C@@H]2[C@@H](/C=C/[C@@H](O)COc3cccc(Cl)c3)[C@H](O)C[C@@H]2OC1. The molecule has 2 N–H and O–H groups in total. The fourth-order valence-electron chi connectivity index (χ4n) is 4.62. The molecule has 0 saturated heterocycles.